The summed E-state index contributed by atoms with van der Waals surface area (Å²) in [7, 11) is 0. The van der Waals surface area contributed by atoms with E-state index in [9.17, 15) is 8.78 Å². The number of rotatable bonds is 5. The Balaban J connectivity index is 2.60. The highest BCUT2D eigenvalue weighted by atomic mass is 35.5. The molecule has 3 atom stereocenters. The highest BCUT2D eigenvalue weighted by Gasteiger charge is 2.22. The van der Waals surface area contributed by atoms with E-state index < -0.39 is 11.6 Å². The second kappa shape index (κ2) is 6.30. The normalized spacial score (nSPS) is 16.1. The molecule has 0 spiro atoms. The fourth-order valence-electron chi connectivity index (χ4n) is 2.74. The molecule has 0 fully saturated rings. The van der Waals surface area contributed by atoms with Crippen LogP contribution in [0.1, 0.15) is 57.8 Å². The summed E-state index contributed by atoms with van der Waals surface area (Å²) in [6.45, 7) is 8.14. The molecule has 5 heteroatoms. The Bertz CT molecular complexity index is 637. The number of aromatic nitrogens is 2. The number of alkyl halides is 1. The summed E-state index contributed by atoms with van der Waals surface area (Å²) < 4.78 is 29.4. The van der Waals surface area contributed by atoms with Crippen molar-refractivity contribution in [2.75, 3.05) is 0 Å². The van der Waals surface area contributed by atoms with Gasteiger partial charge in [0.15, 0.2) is 5.82 Å². The predicted molar refractivity (Wildman–Crippen MR) is 82.7 cm³/mol. The van der Waals surface area contributed by atoms with E-state index in [2.05, 4.69) is 18.8 Å². The lowest BCUT2D eigenvalue weighted by atomic mass is 10.00. The summed E-state index contributed by atoms with van der Waals surface area (Å²) >= 11 is 6.19. The van der Waals surface area contributed by atoms with Crippen molar-refractivity contribution in [3.05, 3.63) is 29.6 Å². The van der Waals surface area contributed by atoms with Crippen molar-refractivity contribution in [3.8, 4) is 0 Å². The summed E-state index contributed by atoms with van der Waals surface area (Å²) in [5.74, 6) is -0.120. The van der Waals surface area contributed by atoms with Crippen LogP contribution < -0.4 is 0 Å². The third-order valence-electron chi connectivity index (χ3n) is 3.98. The van der Waals surface area contributed by atoms with Gasteiger partial charge in [-0.15, -0.1) is 11.6 Å². The molecule has 0 saturated heterocycles. The molecule has 1 aromatic heterocycles. The zero-order chi connectivity index (χ0) is 15.7. The molecule has 2 aromatic rings. The number of hydrogen-bond acceptors (Lipinski definition) is 1. The van der Waals surface area contributed by atoms with E-state index in [4.69, 9.17) is 11.6 Å². The number of imidazole rings is 1. The molecule has 2 rings (SSSR count). The van der Waals surface area contributed by atoms with Gasteiger partial charge in [0.05, 0.1) is 10.9 Å². The van der Waals surface area contributed by atoms with E-state index in [0.717, 1.165) is 18.9 Å². The van der Waals surface area contributed by atoms with Gasteiger partial charge in [-0.3, -0.25) is 0 Å². The Morgan fingerprint density at radius 2 is 1.90 bits per heavy atom. The van der Waals surface area contributed by atoms with Gasteiger partial charge in [-0.2, -0.15) is 0 Å². The zero-order valence-corrected chi connectivity index (χ0v) is 13.6. The lowest BCUT2D eigenvalue weighted by Gasteiger charge is -2.21. The molecule has 0 amide bonds. The van der Waals surface area contributed by atoms with Crippen LogP contribution >= 0.6 is 11.6 Å². The molecule has 21 heavy (non-hydrogen) atoms. The summed E-state index contributed by atoms with van der Waals surface area (Å²) in [4.78, 5) is 4.30. The van der Waals surface area contributed by atoms with Gasteiger partial charge in [0.25, 0.3) is 0 Å². The van der Waals surface area contributed by atoms with Gasteiger partial charge >= 0.3 is 0 Å². The molecule has 0 aliphatic heterocycles. The van der Waals surface area contributed by atoms with Gasteiger partial charge in [0.2, 0.25) is 0 Å². The molecule has 3 unspecified atom stereocenters. The maximum Gasteiger partial charge on any atom is 0.153 e. The quantitative estimate of drug-likeness (QED) is 0.656. The van der Waals surface area contributed by atoms with Crippen LogP contribution in [-0.4, -0.2) is 9.55 Å². The van der Waals surface area contributed by atoms with Crippen molar-refractivity contribution >= 4 is 22.6 Å². The number of hydrogen-bond donors (Lipinski definition) is 0. The molecule has 0 N–H and O–H groups in total. The Morgan fingerprint density at radius 1 is 1.24 bits per heavy atom. The molecule has 0 saturated carbocycles. The molecule has 0 bridgehead atoms. The molecule has 0 aliphatic carbocycles. The van der Waals surface area contributed by atoms with E-state index in [1.807, 2.05) is 11.5 Å². The van der Waals surface area contributed by atoms with Gasteiger partial charge < -0.3 is 4.57 Å². The maximum atomic E-state index is 13.9. The largest absolute Gasteiger partial charge is 0.324 e. The second-order valence-electron chi connectivity index (χ2n) is 5.81. The molecule has 0 radical (unpaired) electrons. The van der Waals surface area contributed by atoms with Crippen LogP contribution in [-0.2, 0) is 0 Å². The molecule has 0 aliphatic rings. The van der Waals surface area contributed by atoms with Crippen molar-refractivity contribution in [1.82, 2.24) is 9.55 Å². The van der Waals surface area contributed by atoms with E-state index >= 15 is 0 Å². The molecule has 1 aromatic carbocycles. The van der Waals surface area contributed by atoms with Crippen molar-refractivity contribution < 1.29 is 8.78 Å². The average Bonchev–Trinajstić information content (AvgIpc) is 2.78. The zero-order valence-electron chi connectivity index (χ0n) is 12.8. The van der Waals surface area contributed by atoms with Crippen LogP contribution in [0.5, 0.6) is 0 Å². The van der Waals surface area contributed by atoms with Crippen molar-refractivity contribution in [2.45, 2.75) is 52.0 Å². The lowest BCUT2D eigenvalue weighted by Crippen LogP contribution is -2.13. The summed E-state index contributed by atoms with van der Waals surface area (Å²) in [5.41, 5.74) is 0.667. The number of benzene rings is 1. The SMILES string of the molecule is CCC(C)CC(C)n1c(C(C)Cl)nc2c(F)cc(F)cc21. The van der Waals surface area contributed by atoms with E-state index in [1.54, 1.807) is 6.92 Å². The summed E-state index contributed by atoms with van der Waals surface area (Å²) in [6, 6.07) is 2.28. The molecule has 2 nitrogen and oxygen atoms in total. The second-order valence-corrected chi connectivity index (χ2v) is 6.46. The lowest BCUT2D eigenvalue weighted by molar-refractivity contribution is 0.396. The number of fused-ring (bicyclic) bond motifs is 1. The van der Waals surface area contributed by atoms with Gasteiger partial charge in [-0.1, -0.05) is 20.3 Å². The topological polar surface area (TPSA) is 17.8 Å². The Morgan fingerprint density at radius 3 is 2.48 bits per heavy atom. The van der Waals surface area contributed by atoms with Crippen molar-refractivity contribution in [3.63, 3.8) is 0 Å². The fourth-order valence-corrected chi connectivity index (χ4v) is 2.89. The number of halogens is 3. The third kappa shape index (κ3) is 3.20. The summed E-state index contributed by atoms with van der Waals surface area (Å²) in [6.07, 6.45) is 1.97. The minimum atomic E-state index is -0.641. The minimum Gasteiger partial charge on any atom is -0.324 e. The maximum absolute atomic E-state index is 13.9. The molecule has 116 valence electrons. The van der Waals surface area contributed by atoms with Crippen LogP contribution in [0.15, 0.2) is 12.1 Å². The predicted octanol–water partition coefficient (Wildman–Crippen LogP) is 5.61. The Hall–Kier alpha value is -1.16. The fraction of sp³-hybridized carbons (Fsp3) is 0.562. The standard InChI is InChI=1S/C16H21ClF2N2/c1-5-9(2)6-10(3)21-14-8-12(18)7-13(19)15(14)20-16(21)11(4)17/h7-11H,5-6H2,1-4H3. The minimum absolute atomic E-state index is 0.0855. The average molecular weight is 315 g/mol. The third-order valence-corrected chi connectivity index (χ3v) is 4.17. The van der Waals surface area contributed by atoms with E-state index in [1.165, 1.54) is 6.07 Å². The summed E-state index contributed by atoms with van der Waals surface area (Å²) in [5, 5.41) is -0.362. The van der Waals surface area contributed by atoms with Crippen LogP contribution in [0.4, 0.5) is 8.78 Å². The number of nitrogens with zero attached hydrogens (tertiary/aromatic N) is 2. The Kier molecular flexibility index (Phi) is 4.87. The first-order valence-electron chi connectivity index (χ1n) is 7.36. The van der Waals surface area contributed by atoms with Gasteiger partial charge in [0, 0.05) is 12.1 Å². The monoisotopic (exact) mass is 314 g/mol. The first-order chi connectivity index (χ1) is 9.85. The highest BCUT2D eigenvalue weighted by molar-refractivity contribution is 6.20. The van der Waals surface area contributed by atoms with Crippen LogP contribution in [0, 0.1) is 17.6 Å². The van der Waals surface area contributed by atoms with Crippen LogP contribution in [0.25, 0.3) is 11.0 Å². The first kappa shape index (κ1) is 16.2. The molecular formula is C16H21ClF2N2. The molecular weight excluding hydrogens is 294 g/mol. The molecule has 1 heterocycles. The van der Waals surface area contributed by atoms with Crippen molar-refractivity contribution in [1.29, 1.82) is 0 Å². The van der Waals surface area contributed by atoms with Gasteiger partial charge in [0.1, 0.15) is 17.2 Å². The van der Waals surface area contributed by atoms with Crippen LogP contribution in [0.2, 0.25) is 0 Å². The van der Waals surface area contributed by atoms with Gasteiger partial charge in [-0.05, 0) is 32.3 Å². The van der Waals surface area contributed by atoms with E-state index in [-0.39, 0.29) is 16.9 Å². The highest BCUT2D eigenvalue weighted by Crippen LogP contribution is 2.32. The first-order valence-corrected chi connectivity index (χ1v) is 7.79. The van der Waals surface area contributed by atoms with E-state index in [0.29, 0.717) is 17.3 Å². The smallest absolute Gasteiger partial charge is 0.153 e. The Labute approximate surface area is 129 Å². The van der Waals surface area contributed by atoms with Crippen LogP contribution in [0.3, 0.4) is 0 Å². The van der Waals surface area contributed by atoms with Crippen molar-refractivity contribution in [2.24, 2.45) is 5.92 Å². The van der Waals surface area contributed by atoms with Gasteiger partial charge in [-0.25, -0.2) is 13.8 Å².